The molecule has 0 spiro atoms. The summed E-state index contributed by atoms with van der Waals surface area (Å²) in [5.41, 5.74) is 11.7. The number of ether oxygens (including phenoxy) is 1. The van der Waals surface area contributed by atoms with Gasteiger partial charge in [-0.2, -0.15) is 5.06 Å². The Labute approximate surface area is 263 Å². The van der Waals surface area contributed by atoms with Crippen LogP contribution in [0, 0.1) is 29.1 Å². The van der Waals surface area contributed by atoms with E-state index in [1.54, 1.807) is 19.1 Å². The van der Waals surface area contributed by atoms with E-state index in [1.807, 2.05) is 33.3 Å². The number of rotatable bonds is 11. The van der Waals surface area contributed by atoms with Crippen LogP contribution in [0.5, 0.6) is 5.75 Å². The largest absolute Gasteiger partial charge is 0.496 e. The second-order valence-corrected chi connectivity index (χ2v) is 14.1. The number of fused-ring (bicyclic) bond motifs is 2. The van der Waals surface area contributed by atoms with E-state index in [9.17, 15) is 9.90 Å². The number of nitrogens with zero attached hydrogens (tertiary/aromatic N) is 2. The molecule has 242 valence electrons. The zero-order valence-electron chi connectivity index (χ0n) is 27.8. The number of benzene rings is 2. The Bertz CT molecular complexity index is 1330. The molecule has 5 N–H and O–H groups in total. The summed E-state index contributed by atoms with van der Waals surface area (Å²) in [5, 5.41) is 19.3. The van der Waals surface area contributed by atoms with E-state index >= 15 is 0 Å². The highest BCUT2D eigenvalue weighted by atomic mass is 16.7. The maximum atomic E-state index is 14.1. The van der Waals surface area contributed by atoms with Gasteiger partial charge < -0.3 is 31.1 Å². The van der Waals surface area contributed by atoms with Crippen molar-refractivity contribution in [2.24, 2.45) is 34.8 Å². The average Bonchev–Trinajstić information content (AvgIpc) is 3.36. The van der Waals surface area contributed by atoms with Crippen molar-refractivity contribution in [1.82, 2.24) is 15.7 Å². The predicted octanol–water partition coefficient (Wildman–Crippen LogP) is 3.77. The van der Waals surface area contributed by atoms with Crippen LogP contribution in [-0.4, -0.2) is 75.2 Å². The Morgan fingerprint density at radius 1 is 1.25 bits per heavy atom. The quantitative estimate of drug-likeness (QED) is 0.306. The Balaban J connectivity index is 1.45. The lowest BCUT2D eigenvalue weighted by Gasteiger charge is -2.62. The number of anilines is 1. The van der Waals surface area contributed by atoms with E-state index in [4.69, 9.17) is 15.3 Å². The molecule has 44 heavy (non-hydrogen) atoms. The molecule has 1 amide bonds. The highest BCUT2D eigenvalue weighted by Gasteiger charge is 2.57. The third-order valence-corrected chi connectivity index (χ3v) is 10.9. The summed E-state index contributed by atoms with van der Waals surface area (Å²) in [6.07, 6.45) is 0.987. The molecule has 0 unspecified atom stereocenters. The Kier molecular flexibility index (Phi) is 9.64. The molecule has 1 saturated heterocycles. The highest BCUT2D eigenvalue weighted by Crippen LogP contribution is 2.61. The average molecular weight is 608 g/mol. The lowest BCUT2D eigenvalue weighted by molar-refractivity contribution is -0.175. The summed E-state index contributed by atoms with van der Waals surface area (Å²) in [6.45, 7) is 9.98. The van der Waals surface area contributed by atoms with Crippen LogP contribution in [-0.2, 0) is 22.7 Å². The molecule has 2 bridgehead atoms. The first-order chi connectivity index (χ1) is 20.9. The topological polar surface area (TPSA) is 112 Å². The number of carbonyl (C=O) groups excluding carboxylic acids is 1. The van der Waals surface area contributed by atoms with Crippen LogP contribution in [0.25, 0.3) is 11.1 Å². The predicted molar refractivity (Wildman–Crippen MR) is 175 cm³/mol. The van der Waals surface area contributed by atoms with Gasteiger partial charge in [0.2, 0.25) is 5.91 Å². The molecule has 9 heteroatoms. The van der Waals surface area contributed by atoms with Crippen molar-refractivity contribution in [3.8, 4) is 16.9 Å². The van der Waals surface area contributed by atoms with Crippen LogP contribution in [0.4, 0.5) is 5.69 Å². The number of aliphatic hydroxyl groups is 1. The number of nitrogens with one attached hydrogen (secondary N) is 2. The fourth-order valence-electron chi connectivity index (χ4n) is 8.27. The number of carbonyl (C=O) groups is 1. The van der Waals surface area contributed by atoms with Crippen molar-refractivity contribution in [2.75, 3.05) is 39.7 Å². The molecule has 3 saturated carbocycles. The van der Waals surface area contributed by atoms with Crippen LogP contribution in [0.1, 0.15) is 51.7 Å². The number of nitrogens with two attached hydrogens (primary N) is 1. The maximum Gasteiger partial charge on any atom is 0.240 e. The smallest absolute Gasteiger partial charge is 0.240 e. The summed E-state index contributed by atoms with van der Waals surface area (Å²) in [4.78, 5) is 22.6. The lowest BCUT2D eigenvalue weighted by Crippen LogP contribution is -2.62. The van der Waals surface area contributed by atoms with E-state index in [0.29, 0.717) is 29.7 Å². The zero-order valence-corrected chi connectivity index (χ0v) is 27.8. The molecular formula is C35H53N5O4. The van der Waals surface area contributed by atoms with Gasteiger partial charge in [0.05, 0.1) is 25.9 Å². The molecule has 9 nitrogen and oxygen atoms in total. The van der Waals surface area contributed by atoms with Crippen LogP contribution in [0.3, 0.4) is 0 Å². The fourth-order valence-corrected chi connectivity index (χ4v) is 8.27. The van der Waals surface area contributed by atoms with Gasteiger partial charge in [0.1, 0.15) is 11.8 Å². The van der Waals surface area contributed by atoms with Crippen LogP contribution < -0.4 is 26.0 Å². The number of hydrogen-bond donors (Lipinski definition) is 4. The SMILES string of the molecule is CNCc1cc(-c2cccc(CN3O[C@@H](CN)[C@@H]([C@H](C)O)[C@H]3C(=O)N[C@H]3C[C@H]4C[C@H]([C@@H]3C)C4(C)C)c2OC)cc(N(C)C)c1. The van der Waals surface area contributed by atoms with Crippen LogP contribution >= 0.6 is 0 Å². The molecule has 0 radical (unpaired) electrons. The number of hydroxylamine groups is 2. The van der Waals surface area contributed by atoms with Gasteiger partial charge in [-0.1, -0.05) is 39.0 Å². The molecule has 1 aliphatic heterocycles. The van der Waals surface area contributed by atoms with Crippen LogP contribution in [0.15, 0.2) is 36.4 Å². The maximum absolute atomic E-state index is 14.1. The number of methoxy groups -OCH3 is 1. The third kappa shape index (κ3) is 5.97. The van der Waals surface area contributed by atoms with E-state index in [0.717, 1.165) is 41.1 Å². The molecule has 1 heterocycles. The monoisotopic (exact) mass is 607 g/mol. The molecule has 6 rings (SSSR count). The number of para-hydroxylation sites is 1. The van der Waals surface area contributed by atoms with Gasteiger partial charge in [0, 0.05) is 56.0 Å². The normalized spacial score (nSPS) is 30.0. The summed E-state index contributed by atoms with van der Waals surface area (Å²) < 4.78 is 6.05. The first-order valence-electron chi connectivity index (χ1n) is 16.1. The zero-order chi connectivity index (χ0) is 31.9. The first kappa shape index (κ1) is 32.7. The minimum atomic E-state index is -0.770. The number of aliphatic hydroxyl groups excluding tert-OH is 1. The van der Waals surface area contributed by atoms with Crippen molar-refractivity contribution in [2.45, 2.75) is 77.9 Å². The Hall–Kier alpha value is -2.69. The van der Waals surface area contributed by atoms with Crippen LogP contribution in [0.2, 0.25) is 0 Å². The minimum absolute atomic E-state index is 0.103. The van der Waals surface area contributed by atoms with Crippen molar-refractivity contribution in [1.29, 1.82) is 0 Å². The van der Waals surface area contributed by atoms with Crippen molar-refractivity contribution in [3.63, 3.8) is 0 Å². The van der Waals surface area contributed by atoms with Gasteiger partial charge in [0.25, 0.3) is 0 Å². The second kappa shape index (κ2) is 13.0. The lowest BCUT2D eigenvalue weighted by atomic mass is 9.45. The van der Waals surface area contributed by atoms with E-state index in [1.165, 1.54) is 12.0 Å². The number of hydrogen-bond acceptors (Lipinski definition) is 8. The van der Waals surface area contributed by atoms with E-state index in [2.05, 4.69) is 60.6 Å². The van der Waals surface area contributed by atoms with Crippen molar-refractivity contribution >= 4 is 11.6 Å². The Morgan fingerprint density at radius 2 is 2.00 bits per heavy atom. The van der Waals surface area contributed by atoms with E-state index in [-0.39, 0.29) is 18.5 Å². The molecule has 4 aliphatic rings. The van der Waals surface area contributed by atoms with Crippen molar-refractivity contribution < 1.29 is 19.5 Å². The molecule has 3 aliphatic carbocycles. The van der Waals surface area contributed by atoms with Gasteiger partial charge in [0.15, 0.2) is 0 Å². The molecule has 0 aromatic heterocycles. The number of amides is 1. The standard InChI is InChI=1S/C35H53N5O4/c1-20-28-15-25(35(28,3)4)16-29(20)38-34(42)32-31(21(2)41)30(17-36)44-40(32)19-23-10-9-11-27(33(23)43-8)24-12-22(18-37-5)13-26(14-24)39(6)7/h9-14,20-21,25,28-32,37,41H,15-19,36H2,1-8H3,(H,38,42)/t20-,21-,25+,28+,29-,30-,31+,32-/m0/s1. The Morgan fingerprint density at radius 3 is 2.59 bits per heavy atom. The van der Waals surface area contributed by atoms with Crippen molar-refractivity contribution in [3.05, 3.63) is 47.5 Å². The third-order valence-electron chi connectivity index (χ3n) is 10.9. The molecule has 2 aromatic carbocycles. The molecule has 2 aromatic rings. The minimum Gasteiger partial charge on any atom is -0.496 e. The summed E-state index contributed by atoms with van der Waals surface area (Å²) in [7, 11) is 7.70. The summed E-state index contributed by atoms with van der Waals surface area (Å²) in [6, 6.07) is 12.0. The highest BCUT2D eigenvalue weighted by molar-refractivity contribution is 5.83. The summed E-state index contributed by atoms with van der Waals surface area (Å²) in [5.74, 6) is 1.80. The molecule has 8 atom stereocenters. The van der Waals surface area contributed by atoms with Gasteiger partial charge in [-0.25, -0.2) is 0 Å². The summed E-state index contributed by atoms with van der Waals surface area (Å²) >= 11 is 0. The van der Waals surface area contributed by atoms with Gasteiger partial charge >= 0.3 is 0 Å². The van der Waals surface area contributed by atoms with Gasteiger partial charge in [-0.15, -0.1) is 0 Å². The van der Waals surface area contributed by atoms with Gasteiger partial charge in [-0.3, -0.25) is 9.63 Å². The fraction of sp³-hybridized carbons (Fsp3) is 0.629. The van der Waals surface area contributed by atoms with E-state index < -0.39 is 24.2 Å². The first-order valence-corrected chi connectivity index (χ1v) is 16.1. The van der Waals surface area contributed by atoms with Gasteiger partial charge in [-0.05, 0) is 79.3 Å². The second-order valence-electron chi connectivity index (χ2n) is 14.1. The molecule has 4 fully saturated rings. The molecular weight excluding hydrogens is 554 g/mol.